The van der Waals surface area contributed by atoms with Crippen molar-refractivity contribution in [1.82, 2.24) is 15.1 Å². The summed E-state index contributed by atoms with van der Waals surface area (Å²) in [6, 6.07) is 10.8. The van der Waals surface area contributed by atoms with Crippen molar-refractivity contribution in [3.05, 3.63) is 35.9 Å². The van der Waals surface area contributed by atoms with Crippen LogP contribution in [0, 0.1) is 5.92 Å². The van der Waals surface area contributed by atoms with Crippen LogP contribution in [0.2, 0.25) is 0 Å². The van der Waals surface area contributed by atoms with Crippen molar-refractivity contribution >= 4 is 23.2 Å². The first kappa shape index (κ1) is 18.5. The Kier molecular flexibility index (Phi) is 5.09. The largest absolute Gasteiger partial charge is 0.359 e. The molecule has 0 spiro atoms. The van der Waals surface area contributed by atoms with E-state index < -0.39 is 0 Å². The normalized spacial score (nSPS) is 34.1. The number of thiocarbonyl (C=S) groups is 1. The molecule has 0 bridgehead atoms. The first-order chi connectivity index (χ1) is 13.7. The summed E-state index contributed by atoms with van der Waals surface area (Å²) >= 11 is 5.62. The van der Waals surface area contributed by atoms with Crippen LogP contribution < -0.4 is 5.32 Å². The van der Waals surface area contributed by atoms with Crippen LogP contribution in [0.3, 0.4) is 0 Å². The third-order valence-electron chi connectivity index (χ3n) is 6.69. The Hall–Kier alpha value is -1.54. The Bertz CT molecular complexity index is 738. The Balaban J connectivity index is 1.22. The molecule has 7 heteroatoms. The lowest BCUT2D eigenvalue weighted by atomic mass is 9.79. The summed E-state index contributed by atoms with van der Waals surface area (Å²) in [6.45, 7) is 3.29. The summed E-state index contributed by atoms with van der Waals surface area (Å²) in [5, 5.41) is 4.05. The second-order valence-corrected chi connectivity index (χ2v) is 8.75. The number of piperidine rings is 1. The number of hydrogen-bond acceptors (Lipinski definition) is 5. The van der Waals surface area contributed by atoms with E-state index >= 15 is 0 Å². The number of carbonyl (C=O) groups excluding carboxylic acids is 1. The van der Waals surface area contributed by atoms with Gasteiger partial charge in [0.05, 0.1) is 18.1 Å². The van der Waals surface area contributed by atoms with Gasteiger partial charge in [-0.05, 0) is 43.5 Å². The van der Waals surface area contributed by atoms with Crippen molar-refractivity contribution in [3.63, 3.8) is 0 Å². The number of nitrogens with one attached hydrogen (secondary N) is 1. The average molecular weight is 402 g/mol. The highest BCUT2D eigenvalue weighted by molar-refractivity contribution is 7.80. The van der Waals surface area contributed by atoms with Gasteiger partial charge in [0.2, 0.25) is 5.91 Å². The van der Waals surface area contributed by atoms with Crippen LogP contribution in [-0.2, 0) is 20.8 Å². The molecule has 150 valence electrons. The highest BCUT2D eigenvalue weighted by atomic mass is 32.1. The van der Waals surface area contributed by atoms with Gasteiger partial charge in [-0.3, -0.25) is 14.6 Å². The van der Waals surface area contributed by atoms with Gasteiger partial charge in [0.25, 0.3) is 0 Å². The number of carbonyl (C=O) groups is 1. The van der Waals surface area contributed by atoms with E-state index in [0.29, 0.717) is 11.9 Å². The maximum atomic E-state index is 13.3. The van der Waals surface area contributed by atoms with Crippen molar-refractivity contribution in [1.29, 1.82) is 0 Å². The van der Waals surface area contributed by atoms with Crippen LogP contribution >= 0.6 is 12.2 Å². The molecule has 28 heavy (non-hydrogen) atoms. The fourth-order valence-electron chi connectivity index (χ4n) is 5.16. The number of benzene rings is 1. The van der Waals surface area contributed by atoms with Crippen LogP contribution in [0.25, 0.3) is 0 Å². The number of ether oxygens (including phenoxy) is 2. The fraction of sp³-hybridized carbons (Fsp3) is 0.619. The van der Waals surface area contributed by atoms with Crippen molar-refractivity contribution < 1.29 is 14.3 Å². The van der Waals surface area contributed by atoms with E-state index in [1.54, 1.807) is 0 Å². The zero-order valence-electron chi connectivity index (χ0n) is 16.0. The number of hydrogen-bond donors (Lipinski definition) is 1. The minimum Gasteiger partial charge on any atom is -0.359 e. The summed E-state index contributed by atoms with van der Waals surface area (Å²) in [7, 11) is 0. The van der Waals surface area contributed by atoms with E-state index in [-0.39, 0.29) is 36.1 Å². The molecule has 3 heterocycles. The highest BCUT2D eigenvalue weighted by Gasteiger charge is 2.50. The molecular formula is C21H27N3O3S. The Morgan fingerprint density at radius 1 is 1.07 bits per heavy atom. The standard InChI is InChI=1S/C21H27N3O3S/c25-20-16-10-18-19(27-13-26-18)11-17(16)22-21(28)24(20)15-6-8-23(9-7-15)12-14-4-2-1-3-5-14/h1-5,15-19H,6-13H2,(H,22,28). The van der Waals surface area contributed by atoms with Crippen LogP contribution in [0.4, 0.5) is 0 Å². The number of amides is 1. The predicted molar refractivity (Wildman–Crippen MR) is 108 cm³/mol. The average Bonchev–Trinajstić information content (AvgIpc) is 3.16. The van der Waals surface area contributed by atoms with Gasteiger partial charge in [-0.25, -0.2) is 0 Å². The minimum atomic E-state index is -0.0583. The van der Waals surface area contributed by atoms with Crippen molar-refractivity contribution in [2.45, 2.75) is 56.5 Å². The molecule has 4 aliphatic rings. The second-order valence-electron chi connectivity index (χ2n) is 8.36. The minimum absolute atomic E-state index is 0.0493. The van der Waals surface area contributed by atoms with Gasteiger partial charge in [-0.2, -0.15) is 0 Å². The van der Waals surface area contributed by atoms with Crippen LogP contribution in [-0.4, -0.2) is 65.0 Å². The van der Waals surface area contributed by atoms with Gasteiger partial charge in [0.1, 0.15) is 6.79 Å². The lowest BCUT2D eigenvalue weighted by Gasteiger charge is -2.48. The van der Waals surface area contributed by atoms with Crippen LogP contribution in [0.1, 0.15) is 31.2 Å². The molecule has 3 saturated heterocycles. The van der Waals surface area contributed by atoms with E-state index in [9.17, 15) is 4.79 Å². The fourth-order valence-corrected chi connectivity index (χ4v) is 5.55. The van der Waals surface area contributed by atoms with E-state index in [0.717, 1.165) is 45.3 Å². The van der Waals surface area contributed by atoms with E-state index in [4.69, 9.17) is 21.7 Å². The quantitative estimate of drug-likeness (QED) is 0.781. The molecule has 4 fully saturated rings. The maximum Gasteiger partial charge on any atom is 0.234 e. The molecule has 5 rings (SSSR count). The molecule has 1 N–H and O–H groups in total. The molecule has 0 radical (unpaired) electrons. The highest BCUT2D eigenvalue weighted by Crippen LogP contribution is 2.36. The first-order valence-corrected chi connectivity index (χ1v) is 10.7. The second kappa shape index (κ2) is 7.71. The lowest BCUT2D eigenvalue weighted by Crippen LogP contribution is -2.66. The SMILES string of the molecule is O=C1C2CC3OCOC3CC2NC(=S)N1C1CCN(Cc2ccccc2)CC1. The Morgan fingerprint density at radius 3 is 2.54 bits per heavy atom. The van der Waals surface area contributed by atoms with Crippen molar-refractivity contribution in [2.24, 2.45) is 5.92 Å². The summed E-state index contributed by atoms with van der Waals surface area (Å²) in [4.78, 5) is 17.7. The summed E-state index contributed by atoms with van der Waals surface area (Å²) in [5.74, 6) is 0.126. The summed E-state index contributed by atoms with van der Waals surface area (Å²) in [5.41, 5.74) is 1.34. The summed E-state index contributed by atoms with van der Waals surface area (Å²) < 4.78 is 11.3. The van der Waals surface area contributed by atoms with Crippen LogP contribution in [0.15, 0.2) is 30.3 Å². The number of likely N-dealkylation sites (tertiary alicyclic amines) is 1. The van der Waals surface area contributed by atoms with Gasteiger partial charge < -0.3 is 14.8 Å². The van der Waals surface area contributed by atoms with E-state index in [1.165, 1.54) is 5.56 Å². The molecular weight excluding hydrogens is 374 g/mol. The third-order valence-corrected chi connectivity index (χ3v) is 7.01. The smallest absolute Gasteiger partial charge is 0.234 e. The molecule has 3 aliphatic heterocycles. The molecule has 6 nitrogen and oxygen atoms in total. The van der Waals surface area contributed by atoms with Gasteiger partial charge >= 0.3 is 0 Å². The van der Waals surface area contributed by atoms with Crippen LogP contribution in [0.5, 0.6) is 0 Å². The topological polar surface area (TPSA) is 54.0 Å². The molecule has 0 aromatic heterocycles. The van der Waals surface area contributed by atoms with Crippen molar-refractivity contribution in [3.8, 4) is 0 Å². The molecule has 4 unspecified atom stereocenters. The summed E-state index contributed by atoms with van der Waals surface area (Å²) in [6.07, 6.45) is 3.59. The first-order valence-electron chi connectivity index (χ1n) is 10.3. The number of rotatable bonds is 3. The number of fused-ring (bicyclic) bond motifs is 2. The third kappa shape index (κ3) is 3.45. The molecule has 1 saturated carbocycles. The molecule has 1 aromatic carbocycles. The van der Waals surface area contributed by atoms with Gasteiger partial charge in [0, 0.05) is 31.7 Å². The molecule has 1 aromatic rings. The maximum absolute atomic E-state index is 13.3. The van der Waals surface area contributed by atoms with Gasteiger partial charge in [0.15, 0.2) is 5.11 Å². The Morgan fingerprint density at radius 2 is 1.79 bits per heavy atom. The lowest BCUT2D eigenvalue weighted by molar-refractivity contribution is -0.139. The van der Waals surface area contributed by atoms with E-state index in [2.05, 4.69) is 40.5 Å². The van der Waals surface area contributed by atoms with E-state index in [1.807, 2.05) is 4.90 Å². The molecule has 4 atom stereocenters. The molecule has 1 amide bonds. The number of nitrogens with zero attached hydrogens (tertiary/aromatic N) is 2. The predicted octanol–water partition coefficient (Wildman–Crippen LogP) is 1.89. The Labute approximate surface area is 171 Å². The monoisotopic (exact) mass is 401 g/mol. The zero-order chi connectivity index (χ0) is 19.1. The van der Waals surface area contributed by atoms with Crippen molar-refractivity contribution in [2.75, 3.05) is 19.9 Å². The molecule has 1 aliphatic carbocycles. The van der Waals surface area contributed by atoms with Gasteiger partial charge in [-0.15, -0.1) is 0 Å². The van der Waals surface area contributed by atoms with Gasteiger partial charge in [-0.1, -0.05) is 30.3 Å². The zero-order valence-corrected chi connectivity index (χ0v) is 16.8.